The summed E-state index contributed by atoms with van der Waals surface area (Å²) in [6, 6.07) is 16.2. The number of hydrogen-bond donors (Lipinski definition) is 2. The van der Waals surface area contributed by atoms with Crippen LogP contribution < -0.4 is 15.8 Å². The molecule has 0 radical (unpaired) electrons. The molecule has 2 aromatic rings. The Kier molecular flexibility index (Phi) is 4.74. The van der Waals surface area contributed by atoms with Crippen molar-refractivity contribution in [1.82, 2.24) is 0 Å². The molecule has 0 saturated heterocycles. The fourth-order valence-corrected chi connectivity index (χ4v) is 1.69. The lowest BCUT2D eigenvalue weighted by atomic mass is 10.2. The van der Waals surface area contributed by atoms with Gasteiger partial charge in [-0.3, -0.25) is 4.79 Å². The number of amides is 1. The normalized spacial score (nSPS) is 11.7. The molecule has 0 aromatic heterocycles. The first-order chi connectivity index (χ1) is 9.70. The molecular weight excluding hydrogens is 252 g/mol. The molecule has 0 saturated carbocycles. The highest BCUT2D eigenvalue weighted by Gasteiger charge is 2.13. The number of benzene rings is 2. The van der Waals surface area contributed by atoms with Crippen molar-refractivity contribution in [3.63, 3.8) is 0 Å². The van der Waals surface area contributed by atoms with Gasteiger partial charge in [-0.05, 0) is 30.7 Å². The molecule has 1 amide bonds. The monoisotopic (exact) mass is 270 g/mol. The van der Waals surface area contributed by atoms with E-state index < -0.39 is 6.04 Å². The van der Waals surface area contributed by atoms with Crippen LogP contribution in [0.5, 0.6) is 11.5 Å². The quantitative estimate of drug-likeness (QED) is 0.877. The summed E-state index contributed by atoms with van der Waals surface area (Å²) in [5.74, 6) is 1.10. The summed E-state index contributed by atoms with van der Waals surface area (Å²) in [7, 11) is 0. The third kappa shape index (κ3) is 3.59. The molecule has 0 bridgehead atoms. The van der Waals surface area contributed by atoms with Gasteiger partial charge in [0.25, 0.3) is 0 Å². The van der Waals surface area contributed by atoms with Crippen molar-refractivity contribution in [2.45, 2.75) is 19.4 Å². The fourth-order valence-electron chi connectivity index (χ4n) is 1.69. The SMILES string of the molecule is CC[C@@H](N)C(=O)Nc1ccccc1Oc1ccccc1. The van der Waals surface area contributed by atoms with E-state index in [9.17, 15) is 4.79 Å². The van der Waals surface area contributed by atoms with Crippen LogP contribution in [0.25, 0.3) is 0 Å². The molecule has 0 aliphatic heterocycles. The second-order valence-electron chi connectivity index (χ2n) is 4.42. The van der Waals surface area contributed by atoms with Crippen LogP contribution in [0.1, 0.15) is 13.3 Å². The van der Waals surface area contributed by atoms with Crippen molar-refractivity contribution in [2.75, 3.05) is 5.32 Å². The average Bonchev–Trinajstić information content (AvgIpc) is 2.49. The zero-order valence-electron chi connectivity index (χ0n) is 11.4. The summed E-state index contributed by atoms with van der Waals surface area (Å²) in [5.41, 5.74) is 6.33. The van der Waals surface area contributed by atoms with Gasteiger partial charge in [-0.15, -0.1) is 0 Å². The van der Waals surface area contributed by atoms with Gasteiger partial charge in [0.1, 0.15) is 5.75 Å². The molecular formula is C16H18N2O2. The van der Waals surface area contributed by atoms with Gasteiger partial charge < -0.3 is 15.8 Å². The van der Waals surface area contributed by atoms with Crippen molar-refractivity contribution in [2.24, 2.45) is 5.73 Å². The predicted molar refractivity (Wildman–Crippen MR) is 79.9 cm³/mol. The van der Waals surface area contributed by atoms with Crippen molar-refractivity contribution in [1.29, 1.82) is 0 Å². The third-order valence-electron chi connectivity index (χ3n) is 2.89. The van der Waals surface area contributed by atoms with Crippen molar-refractivity contribution >= 4 is 11.6 Å². The second kappa shape index (κ2) is 6.73. The van der Waals surface area contributed by atoms with Crippen LogP contribution in [-0.4, -0.2) is 11.9 Å². The van der Waals surface area contributed by atoms with E-state index in [4.69, 9.17) is 10.5 Å². The van der Waals surface area contributed by atoms with Crippen LogP contribution in [0.4, 0.5) is 5.69 Å². The summed E-state index contributed by atoms with van der Waals surface area (Å²) in [6.45, 7) is 1.87. The summed E-state index contributed by atoms with van der Waals surface area (Å²) >= 11 is 0. The van der Waals surface area contributed by atoms with Crippen LogP contribution in [0.2, 0.25) is 0 Å². The molecule has 2 rings (SSSR count). The first kappa shape index (κ1) is 14.1. The molecule has 0 aliphatic rings. The Labute approximate surface area is 118 Å². The molecule has 20 heavy (non-hydrogen) atoms. The minimum absolute atomic E-state index is 0.211. The summed E-state index contributed by atoms with van der Waals surface area (Å²) < 4.78 is 5.77. The minimum Gasteiger partial charge on any atom is -0.455 e. The Hall–Kier alpha value is -2.33. The zero-order chi connectivity index (χ0) is 14.4. The molecule has 3 N–H and O–H groups in total. The number of carbonyl (C=O) groups excluding carboxylic acids is 1. The highest BCUT2D eigenvalue weighted by molar-refractivity contribution is 5.95. The Morgan fingerprint density at radius 3 is 2.50 bits per heavy atom. The average molecular weight is 270 g/mol. The van der Waals surface area contributed by atoms with Crippen LogP contribution >= 0.6 is 0 Å². The summed E-state index contributed by atoms with van der Waals surface area (Å²) in [4.78, 5) is 11.9. The van der Waals surface area contributed by atoms with Crippen LogP contribution in [-0.2, 0) is 4.79 Å². The zero-order valence-corrected chi connectivity index (χ0v) is 11.4. The van der Waals surface area contributed by atoms with Crippen LogP contribution in [0.15, 0.2) is 54.6 Å². The molecule has 0 fully saturated rings. The highest BCUT2D eigenvalue weighted by Crippen LogP contribution is 2.29. The van der Waals surface area contributed by atoms with Gasteiger partial charge in [0.2, 0.25) is 5.91 Å². The standard InChI is InChI=1S/C16H18N2O2/c1-2-13(17)16(19)18-14-10-6-7-11-15(14)20-12-8-4-3-5-9-12/h3-11,13H,2,17H2,1H3,(H,18,19)/t13-/m1/s1. The number of anilines is 1. The smallest absolute Gasteiger partial charge is 0.241 e. The maximum atomic E-state index is 11.9. The van der Waals surface area contributed by atoms with E-state index in [0.717, 1.165) is 0 Å². The van der Waals surface area contributed by atoms with E-state index in [2.05, 4.69) is 5.32 Å². The van der Waals surface area contributed by atoms with Gasteiger partial charge in [-0.25, -0.2) is 0 Å². The van der Waals surface area contributed by atoms with Gasteiger partial charge in [0.05, 0.1) is 11.7 Å². The van der Waals surface area contributed by atoms with Crippen molar-refractivity contribution in [3.05, 3.63) is 54.6 Å². The van der Waals surface area contributed by atoms with E-state index in [1.165, 1.54) is 0 Å². The molecule has 2 aromatic carbocycles. The maximum absolute atomic E-state index is 11.9. The molecule has 0 heterocycles. The van der Waals surface area contributed by atoms with E-state index >= 15 is 0 Å². The van der Waals surface area contributed by atoms with Crippen LogP contribution in [0, 0.1) is 0 Å². The third-order valence-corrected chi connectivity index (χ3v) is 2.89. The number of nitrogens with one attached hydrogen (secondary N) is 1. The van der Waals surface area contributed by atoms with E-state index in [1.54, 1.807) is 12.1 Å². The van der Waals surface area contributed by atoms with E-state index in [0.29, 0.717) is 23.6 Å². The molecule has 4 nitrogen and oxygen atoms in total. The van der Waals surface area contributed by atoms with E-state index in [1.807, 2.05) is 49.4 Å². The highest BCUT2D eigenvalue weighted by atomic mass is 16.5. The lowest BCUT2D eigenvalue weighted by Gasteiger charge is -2.14. The summed E-state index contributed by atoms with van der Waals surface area (Å²) in [5, 5.41) is 2.79. The fraction of sp³-hybridized carbons (Fsp3) is 0.188. The number of hydrogen-bond acceptors (Lipinski definition) is 3. The number of nitrogens with two attached hydrogens (primary N) is 1. The Morgan fingerprint density at radius 1 is 1.15 bits per heavy atom. The van der Waals surface area contributed by atoms with Gasteiger partial charge in [-0.1, -0.05) is 37.3 Å². The number of para-hydroxylation sites is 3. The van der Waals surface area contributed by atoms with Gasteiger partial charge >= 0.3 is 0 Å². The lowest BCUT2D eigenvalue weighted by Crippen LogP contribution is -2.34. The Bertz CT molecular complexity index is 570. The van der Waals surface area contributed by atoms with Gasteiger partial charge in [-0.2, -0.15) is 0 Å². The minimum atomic E-state index is -0.514. The molecule has 0 unspecified atom stereocenters. The maximum Gasteiger partial charge on any atom is 0.241 e. The first-order valence-corrected chi connectivity index (χ1v) is 6.59. The second-order valence-corrected chi connectivity index (χ2v) is 4.42. The molecule has 1 atom stereocenters. The molecule has 104 valence electrons. The summed E-state index contributed by atoms with van der Waals surface area (Å²) in [6.07, 6.45) is 0.591. The van der Waals surface area contributed by atoms with Crippen molar-refractivity contribution < 1.29 is 9.53 Å². The number of rotatable bonds is 5. The number of carbonyl (C=O) groups is 1. The van der Waals surface area contributed by atoms with E-state index in [-0.39, 0.29) is 5.91 Å². The Balaban J connectivity index is 2.16. The molecule has 0 aliphatic carbocycles. The van der Waals surface area contributed by atoms with Gasteiger partial charge in [0, 0.05) is 0 Å². The Morgan fingerprint density at radius 2 is 1.80 bits per heavy atom. The van der Waals surface area contributed by atoms with Crippen LogP contribution in [0.3, 0.4) is 0 Å². The molecule has 0 spiro atoms. The number of ether oxygens (including phenoxy) is 1. The van der Waals surface area contributed by atoms with Gasteiger partial charge in [0.15, 0.2) is 5.75 Å². The molecule has 4 heteroatoms. The topological polar surface area (TPSA) is 64.4 Å². The first-order valence-electron chi connectivity index (χ1n) is 6.59. The lowest BCUT2D eigenvalue weighted by molar-refractivity contribution is -0.117. The predicted octanol–water partition coefficient (Wildman–Crippen LogP) is 3.15. The largest absolute Gasteiger partial charge is 0.455 e. The van der Waals surface area contributed by atoms with Crippen molar-refractivity contribution in [3.8, 4) is 11.5 Å².